The van der Waals surface area contributed by atoms with Crippen molar-refractivity contribution >= 4 is 44.7 Å². The second-order valence-electron chi connectivity index (χ2n) is 7.15. The maximum absolute atomic E-state index is 13.1. The number of carbonyl (C=O) groups is 2. The van der Waals surface area contributed by atoms with Crippen molar-refractivity contribution in [3.63, 3.8) is 0 Å². The van der Waals surface area contributed by atoms with Gasteiger partial charge in [-0.25, -0.2) is 0 Å². The zero-order chi connectivity index (χ0) is 23.0. The molecule has 2 heterocycles. The number of amides is 1. The number of rotatable bonds is 4. The molecule has 0 spiro atoms. The first-order valence-electron chi connectivity index (χ1n) is 9.40. The molecule has 1 aliphatic rings. The van der Waals surface area contributed by atoms with Crippen LogP contribution in [-0.4, -0.2) is 21.7 Å². The molecule has 3 aromatic rings. The predicted molar refractivity (Wildman–Crippen MR) is 118 cm³/mol. The van der Waals surface area contributed by atoms with Crippen LogP contribution in [0.4, 0.5) is 13.2 Å². The minimum absolute atomic E-state index is 0.0910. The van der Waals surface area contributed by atoms with Crippen molar-refractivity contribution in [2.45, 2.75) is 18.8 Å². The van der Waals surface area contributed by atoms with Crippen molar-refractivity contribution < 1.29 is 27.9 Å². The van der Waals surface area contributed by atoms with E-state index in [0.717, 1.165) is 16.6 Å². The van der Waals surface area contributed by atoms with E-state index in [9.17, 15) is 27.9 Å². The third-order valence-corrected chi connectivity index (χ3v) is 6.53. The highest BCUT2D eigenvalue weighted by molar-refractivity contribution is 9.10. The number of nitrogens with zero attached hydrogens (tertiary/aromatic N) is 1. The van der Waals surface area contributed by atoms with Crippen LogP contribution in [0.5, 0.6) is 0 Å². The van der Waals surface area contributed by atoms with E-state index in [-0.39, 0.29) is 23.4 Å². The zero-order valence-electron chi connectivity index (χ0n) is 16.3. The third-order valence-electron chi connectivity index (χ3n) is 5.08. The van der Waals surface area contributed by atoms with Crippen molar-refractivity contribution in [3.8, 4) is 0 Å². The molecular formula is C23H15BrF3NO3S. The molecule has 1 aromatic heterocycles. The average Bonchev–Trinajstić information content (AvgIpc) is 3.36. The van der Waals surface area contributed by atoms with Gasteiger partial charge >= 0.3 is 6.18 Å². The number of thiophene rings is 1. The van der Waals surface area contributed by atoms with Crippen LogP contribution in [0.1, 0.15) is 27.6 Å². The molecule has 32 heavy (non-hydrogen) atoms. The van der Waals surface area contributed by atoms with E-state index < -0.39 is 29.5 Å². The number of hydrogen-bond acceptors (Lipinski definition) is 4. The molecule has 1 aliphatic heterocycles. The van der Waals surface area contributed by atoms with Crippen molar-refractivity contribution in [2.75, 3.05) is 0 Å². The minimum atomic E-state index is -4.53. The van der Waals surface area contributed by atoms with E-state index in [1.807, 2.05) is 0 Å². The lowest BCUT2D eigenvalue weighted by molar-refractivity contribution is -0.140. The second kappa shape index (κ2) is 8.55. The number of carbonyl (C=O) groups excluding carboxylic acids is 2. The van der Waals surface area contributed by atoms with E-state index in [4.69, 9.17) is 0 Å². The average molecular weight is 522 g/mol. The van der Waals surface area contributed by atoms with Crippen LogP contribution in [0.25, 0.3) is 5.76 Å². The summed E-state index contributed by atoms with van der Waals surface area (Å²) in [6.07, 6.45) is -4.53. The van der Waals surface area contributed by atoms with Gasteiger partial charge in [0.1, 0.15) is 5.76 Å². The summed E-state index contributed by atoms with van der Waals surface area (Å²) in [6.45, 7) is -0.214. The molecule has 4 rings (SSSR count). The van der Waals surface area contributed by atoms with Crippen LogP contribution in [0.2, 0.25) is 0 Å². The van der Waals surface area contributed by atoms with Gasteiger partial charge in [-0.05, 0) is 41.3 Å². The Labute approximate surface area is 193 Å². The summed E-state index contributed by atoms with van der Waals surface area (Å²) >= 11 is 4.59. The molecular weight excluding hydrogens is 507 g/mol. The summed E-state index contributed by atoms with van der Waals surface area (Å²) in [6, 6.07) is 13.8. The molecule has 0 radical (unpaired) electrons. The van der Waals surface area contributed by atoms with E-state index in [0.29, 0.717) is 10.4 Å². The van der Waals surface area contributed by atoms with Crippen LogP contribution in [-0.2, 0) is 22.3 Å². The molecule has 2 aromatic carbocycles. The fourth-order valence-electron chi connectivity index (χ4n) is 3.59. The first kappa shape index (κ1) is 22.3. The molecule has 0 aliphatic carbocycles. The molecule has 1 unspecified atom stereocenters. The van der Waals surface area contributed by atoms with Gasteiger partial charge in [-0.1, -0.05) is 46.3 Å². The first-order valence-corrected chi connectivity index (χ1v) is 11.1. The standard InChI is InChI=1S/C23H15BrF3NO3S/c24-16-8-6-14(7-9-16)20(29)18-19(17-5-2-10-32-17)28(22(31)21(18)30)12-13-3-1-4-15(11-13)23(25,26)27/h1-11,19,29H,12H2/b20-18-. The van der Waals surface area contributed by atoms with Crippen molar-refractivity contribution in [2.24, 2.45) is 0 Å². The number of halogens is 4. The number of alkyl halides is 3. The highest BCUT2D eigenvalue weighted by atomic mass is 79.9. The summed E-state index contributed by atoms with van der Waals surface area (Å²) in [5.41, 5.74) is -0.348. The number of aliphatic hydroxyl groups excluding tert-OH is 1. The molecule has 9 heteroatoms. The van der Waals surface area contributed by atoms with E-state index in [2.05, 4.69) is 15.9 Å². The second-order valence-corrected chi connectivity index (χ2v) is 9.04. The smallest absolute Gasteiger partial charge is 0.416 e. The summed E-state index contributed by atoms with van der Waals surface area (Å²) in [5.74, 6) is -2.09. The maximum Gasteiger partial charge on any atom is 0.416 e. The fourth-order valence-corrected chi connectivity index (χ4v) is 4.70. The number of Topliss-reactive ketones (excluding diaryl/α,β-unsaturated/α-hetero) is 1. The topological polar surface area (TPSA) is 57.6 Å². The number of likely N-dealkylation sites (tertiary alicyclic amines) is 1. The van der Waals surface area contributed by atoms with Crippen LogP contribution < -0.4 is 0 Å². The molecule has 1 N–H and O–H groups in total. The Bertz CT molecular complexity index is 1200. The van der Waals surface area contributed by atoms with Gasteiger partial charge in [-0.3, -0.25) is 9.59 Å². The highest BCUT2D eigenvalue weighted by Crippen LogP contribution is 2.42. The van der Waals surface area contributed by atoms with Crippen LogP contribution >= 0.6 is 27.3 Å². The molecule has 164 valence electrons. The van der Waals surface area contributed by atoms with Gasteiger partial charge in [0.15, 0.2) is 0 Å². The van der Waals surface area contributed by atoms with Gasteiger partial charge in [-0.15, -0.1) is 11.3 Å². The molecule has 1 amide bonds. The molecule has 1 fully saturated rings. The van der Waals surface area contributed by atoms with Gasteiger partial charge in [0.25, 0.3) is 11.7 Å². The Kier molecular flexibility index (Phi) is 5.96. The molecule has 0 saturated carbocycles. The number of benzene rings is 2. The van der Waals surface area contributed by atoms with Crippen molar-refractivity contribution in [1.82, 2.24) is 4.90 Å². The van der Waals surface area contributed by atoms with Crippen molar-refractivity contribution in [3.05, 3.63) is 97.7 Å². The lowest BCUT2D eigenvalue weighted by Crippen LogP contribution is -2.29. The Morgan fingerprint density at radius 1 is 1.06 bits per heavy atom. The van der Waals surface area contributed by atoms with Gasteiger partial charge < -0.3 is 10.0 Å². The normalized spacial score (nSPS) is 18.4. The monoisotopic (exact) mass is 521 g/mol. The fraction of sp³-hybridized carbons (Fsp3) is 0.130. The molecule has 1 saturated heterocycles. The number of aliphatic hydroxyl groups is 1. The van der Waals surface area contributed by atoms with Crippen molar-refractivity contribution in [1.29, 1.82) is 0 Å². The summed E-state index contributed by atoms with van der Waals surface area (Å²) in [4.78, 5) is 27.7. The van der Waals surface area contributed by atoms with Gasteiger partial charge in [0.2, 0.25) is 0 Å². The molecule has 0 bridgehead atoms. The zero-order valence-corrected chi connectivity index (χ0v) is 18.7. The SMILES string of the molecule is O=C1C(=O)N(Cc2cccc(C(F)(F)F)c2)C(c2cccs2)/C1=C(/O)c1ccc(Br)cc1. The Hall–Kier alpha value is -2.91. The first-order chi connectivity index (χ1) is 15.2. The van der Waals surface area contributed by atoms with Crippen LogP contribution in [0, 0.1) is 0 Å². The maximum atomic E-state index is 13.1. The number of ketones is 1. The van der Waals surface area contributed by atoms with Crippen LogP contribution in [0.15, 0.2) is 76.1 Å². The molecule has 1 atom stereocenters. The quantitative estimate of drug-likeness (QED) is 0.254. The Morgan fingerprint density at radius 3 is 2.41 bits per heavy atom. The van der Waals surface area contributed by atoms with Gasteiger partial charge in [0.05, 0.1) is 17.2 Å². The van der Waals surface area contributed by atoms with Gasteiger partial charge in [0, 0.05) is 21.5 Å². The van der Waals surface area contributed by atoms with Crippen LogP contribution in [0.3, 0.4) is 0 Å². The Balaban J connectivity index is 1.79. The number of hydrogen-bond donors (Lipinski definition) is 1. The van der Waals surface area contributed by atoms with E-state index in [1.165, 1.54) is 28.4 Å². The predicted octanol–water partition coefficient (Wildman–Crippen LogP) is 6.15. The highest BCUT2D eigenvalue weighted by Gasteiger charge is 2.46. The molecule has 4 nitrogen and oxygen atoms in total. The third kappa shape index (κ3) is 4.22. The Morgan fingerprint density at radius 2 is 1.78 bits per heavy atom. The summed E-state index contributed by atoms with van der Waals surface area (Å²) in [5, 5.41) is 12.7. The summed E-state index contributed by atoms with van der Waals surface area (Å²) in [7, 11) is 0. The lowest BCUT2D eigenvalue weighted by atomic mass is 9.99. The largest absolute Gasteiger partial charge is 0.507 e. The minimum Gasteiger partial charge on any atom is -0.507 e. The lowest BCUT2D eigenvalue weighted by Gasteiger charge is -2.24. The van der Waals surface area contributed by atoms with Gasteiger partial charge in [-0.2, -0.15) is 13.2 Å². The van der Waals surface area contributed by atoms with E-state index in [1.54, 1.807) is 41.8 Å². The summed E-state index contributed by atoms with van der Waals surface area (Å²) < 4.78 is 40.2. The van der Waals surface area contributed by atoms with E-state index >= 15 is 0 Å².